The number of carbonyl (C=O) groups is 6. The van der Waals surface area contributed by atoms with Crippen LogP contribution in [0.5, 0.6) is 0 Å². The fourth-order valence-corrected chi connectivity index (χ4v) is 5.82. The molecule has 2 unspecified atom stereocenters. The van der Waals surface area contributed by atoms with Crippen molar-refractivity contribution in [2.45, 2.75) is 43.2 Å². The van der Waals surface area contributed by atoms with Gasteiger partial charge in [-0.1, -0.05) is 44.0 Å². The van der Waals surface area contributed by atoms with Crippen LogP contribution >= 0.6 is 31.9 Å². The van der Waals surface area contributed by atoms with Gasteiger partial charge in [-0.2, -0.15) is 0 Å². The van der Waals surface area contributed by atoms with E-state index < -0.39 is 66.0 Å². The Kier molecular flexibility index (Phi) is 11.4. The number of hydrogen-bond acceptors (Lipinski definition) is 10. The molecule has 0 saturated carbocycles. The predicted octanol–water partition coefficient (Wildman–Crippen LogP) is 2.70. The van der Waals surface area contributed by atoms with Crippen LogP contribution < -0.4 is 10.6 Å². The van der Waals surface area contributed by atoms with Gasteiger partial charge in [-0.25, -0.2) is 9.59 Å². The number of benzene rings is 2. The summed E-state index contributed by atoms with van der Waals surface area (Å²) in [7, 11) is 4.54. The van der Waals surface area contributed by atoms with Crippen LogP contribution in [-0.2, 0) is 53.1 Å². The Morgan fingerprint density at radius 3 is 1.35 bits per heavy atom. The summed E-state index contributed by atoms with van der Waals surface area (Å²) in [6, 6.07) is 8.27. The van der Waals surface area contributed by atoms with E-state index in [2.05, 4.69) is 52.0 Å². The molecule has 3 rings (SSSR count). The summed E-state index contributed by atoms with van der Waals surface area (Å²) in [6.45, 7) is 0. The lowest BCUT2D eigenvalue weighted by Gasteiger charge is -2.32. The Balaban J connectivity index is 2.09. The molecule has 0 spiro atoms. The Hall–Kier alpha value is -3.78. The van der Waals surface area contributed by atoms with Crippen molar-refractivity contribution in [3.8, 4) is 11.1 Å². The lowest BCUT2D eigenvalue weighted by atomic mass is 9.72. The van der Waals surface area contributed by atoms with Crippen LogP contribution in [0.15, 0.2) is 45.3 Å². The Bertz CT molecular complexity index is 1340. The van der Waals surface area contributed by atoms with Gasteiger partial charge >= 0.3 is 23.9 Å². The number of rotatable bonds is 12. The molecule has 1 aliphatic carbocycles. The molecule has 2 amide bonds. The first-order chi connectivity index (χ1) is 20.4. The summed E-state index contributed by atoms with van der Waals surface area (Å²) in [5.41, 5.74) is 1.48. The van der Waals surface area contributed by atoms with Crippen molar-refractivity contribution in [2.75, 3.05) is 28.4 Å². The largest absolute Gasteiger partial charge is 0.469 e. The van der Waals surface area contributed by atoms with Crippen molar-refractivity contribution in [1.82, 2.24) is 10.6 Å². The van der Waals surface area contributed by atoms with Gasteiger partial charge in [-0.3, -0.25) is 19.2 Å². The molecule has 0 aromatic heterocycles. The standard InChI is InChI=1S/C29H30Br2N2O10/c1-40-25(36)11-21(27(38)42-3)32-23(34)13-29(14-24(35)33-22(28(39)43-4)12-26(37)41-2)19-9-15(30)5-7-17(19)18-8-6-16(31)10-20(18)29/h5-10,21-22H,11-14H2,1-4H3,(H,32,34)(H,33,35). The predicted molar refractivity (Wildman–Crippen MR) is 158 cm³/mol. The fraction of sp³-hybridized carbons (Fsp3) is 0.379. The molecule has 0 aliphatic heterocycles. The van der Waals surface area contributed by atoms with Gasteiger partial charge < -0.3 is 29.6 Å². The Morgan fingerprint density at radius 1 is 0.651 bits per heavy atom. The lowest BCUT2D eigenvalue weighted by Crippen LogP contribution is -2.48. The number of ether oxygens (including phenoxy) is 4. The average molecular weight is 726 g/mol. The second-order valence-electron chi connectivity index (χ2n) is 9.66. The second kappa shape index (κ2) is 14.6. The van der Waals surface area contributed by atoms with Gasteiger partial charge in [0.25, 0.3) is 0 Å². The number of methoxy groups -OCH3 is 4. The van der Waals surface area contributed by atoms with Crippen molar-refractivity contribution in [3.05, 3.63) is 56.5 Å². The van der Waals surface area contributed by atoms with Gasteiger partial charge in [0.05, 0.1) is 41.3 Å². The monoisotopic (exact) mass is 724 g/mol. The minimum absolute atomic E-state index is 0.345. The summed E-state index contributed by atoms with van der Waals surface area (Å²) in [5.74, 6) is -4.52. The van der Waals surface area contributed by atoms with Crippen LogP contribution in [-0.4, -0.2) is 76.2 Å². The maximum absolute atomic E-state index is 13.7. The molecule has 1 aliphatic rings. The van der Waals surface area contributed by atoms with E-state index in [0.717, 1.165) is 39.6 Å². The van der Waals surface area contributed by atoms with Crippen molar-refractivity contribution in [3.63, 3.8) is 0 Å². The van der Waals surface area contributed by atoms with Gasteiger partial charge in [0, 0.05) is 27.2 Å². The first kappa shape index (κ1) is 33.7. The molecule has 0 bridgehead atoms. The zero-order valence-corrected chi connectivity index (χ0v) is 27.0. The van der Waals surface area contributed by atoms with Crippen LogP contribution in [0.2, 0.25) is 0 Å². The summed E-state index contributed by atoms with van der Waals surface area (Å²) in [5, 5.41) is 5.09. The molecule has 230 valence electrons. The van der Waals surface area contributed by atoms with Gasteiger partial charge in [0.15, 0.2) is 0 Å². The molecule has 43 heavy (non-hydrogen) atoms. The summed E-state index contributed by atoms with van der Waals surface area (Å²) in [6.07, 6.45) is -1.63. The average Bonchev–Trinajstić information content (AvgIpc) is 3.22. The summed E-state index contributed by atoms with van der Waals surface area (Å²) < 4.78 is 20.2. The van der Waals surface area contributed by atoms with E-state index in [-0.39, 0.29) is 12.8 Å². The van der Waals surface area contributed by atoms with Crippen molar-refractivity contribution in [2.24, 2.45) is 0 Å². The number of hydrogen-bond donors (Lipinski definition) is 2. The quantitative estimate of drug-likeness (QED) is 0.246. The van der Waals surface area contributed by atoms with Crippen LogP contribution in [0.3, 0.4) is 0 Å². The summed E-state index contributed by atoms with van der Waals surface area (Å²) in [4.78, 5) is 76.0. The topological polar surface area (TPSA) is 163 Å². The SMILES string of the molecule is COC(=O)CC(NC(=O)CC1(CC(=O)NC(CC(=O)OC)C(=O)OC)c2cc(Br)ccc2-c2ccc(Br)cc21)C(=O)OC. The molecular formula is C29H30Br2N2O10. The molecule has 12 nitrogen and oxygen atoms in total. The van der Waals surface area contributed by atoms with Crippen molar-refractivity contribution >= 4 is 67.6 Å². The van der Waals surface area contributed by atoms with E-state index in [0.29, 0.717) is 20.1 Å². The molecule has 2 N–H and O–H groups in total. The fourth-order valence-electron chi connectivity index (χ4n) is 5.09. The Labute approximate surface area is 264 Å². The van der Waals surface area contributed by atoms with Crippen LogP contribution in [0.25, 0.3) is 11.1 Å². The minimum Gasteiger partial charge on any atom is -0.469 e. The van der Waals surface area contributed by atoms with E-state index in [1.54, 1.807) is 12.1 Å². The van der Waals surface area contributed by atoms with Crippen LogP contribution in [0, 0.1) is 0 Å². The third-order valence-electron chi connectivity index (χ3n) is 7.05. The number of amides is 2. The minimum atomic E-state index is -1.34. The second-order valence-corrected chi connectivity index (χ2v) is 11.5. The normalized spacial score (nSPS) is 13.8. The highest BCUT2D eigenvalue weighted by Crippen LogP contribution is 2.54. The molecular weight excluding hydrogens is 696 g/mol. The summed E-state index contributed by atoms with van der Waals surface area (Å²) >= 11 is 6.96. The van der Waals surface area contributed by atoms with E-state index >= 15 is 0 Å². The first-order valence-corrected chi connectivity index (χ1v) is 14.5. The molecule has 2 aromatic carbocycles. The van der Waals surface area contributed by atoms with Crippen LogP contribution in [0.1, 0.15) is 36.8 Å². The first-order valence-electron chi connectivity index (χ1n) is 12.9. The molecule has 2 aromatic rings. The number of nitrogens with one attached hydrogen (secondary N) is 2. The van der Waals surface area contributed by atoms with Gasteiger partial charge in [-0.15, -0.1) is 0 Å². The maximum atomic E-state index is 13.7. The zero-order chi connectivity index (χ0) is 31.9. The van der Waals surface area contributed by atoms with Crippen LogP contribution in [0.4, 0.5) is 0 Å². The van der Waals surface area contributed by atoms with E-state index in [1.165, 1.54) is 0 Å². The third-order valence-corrected chi connectivity index (χ3v) is 8.03. The number of fused-ring (bicyclic) bond motifs is 3. The molecule has 2 atom stereocenters. The highest BCUT2D eigenvalue weighted by atomic mass is 79.9. The molecule has 14 heteroatoms. The van der Waals surface area contributed by atoms with Crippen molar-refractivity contribution in [1.29, 1.82) is 0 Å². The van der Waals surface area contributed by atoms with Crippen molar-refractivity contribution < 1.29 is 47.7 Å². The third kappa shape index (κ3) is 7.79. The van der Waals surface area contributed by atoms with E-state index in [9.17, 15) is 28.8 Å². The Morgan fingerprint density at radius 2 is 1.02 bits per heavy atom. The highest BCUT2D eigenvalue weighted by molar-refractivity contribution is 9.10. The maximum Gasteiger partial charge on any atom is 0.328 e. The number of esters is 4. The van der Waals surface area contributed by atoms with E-state index in [4.69, 9.17) is 9.47 Å². The molecule has 0 heterocycles. The molecule has 0 radical (unpaired) electrons. The zero-order valence-electron chi connectivity index (χ0n) is 23.8. The van der Waals surface area contributed by atoms with Gasteiger partial charge in [0.1, 0.15) is 12.1 Å². The number of carbonyl (C=O) groups excluding carboxylic acids is 6. The molecule has 0 fully saturated rings. The van der Waals surface area contributed by atoms with E-state index in [1.807, 2.05) is 24.3 Å². The highest BCUT2D eigenvalue weighted by Gasteiger charge is 2.47. The van der Waals surface area contributed by atoms with Gasteiger partial charge in [0.2, 0.25) is 11.8 Å². The number of halogens is 2. The lowest BCUT2D eigenvalue weighted by molar-refractivity contribution is -0.151. The van der Waals surface area contributed by atoms with Gasteiger partial charge in [-0.05, 0) is 46.5 Å². The molecule has 0 saturated heterocycles. The smallest absolute Gasteiger partial charge is 0.328 e.